The minimum absolute atomic E-state index is 0.152. The SMILES string of the molecule is CCS(=O)(=O)c1ccc(CC(C)CS)cc1. The van der Waals surface area contributed by atoms with Gasteiger partial charge in [-0.2, -0.15) is 12.6 Å². The van der Waals surface area contributed by atoms with E-state index in [1.165, 1.54) is 0 Å². The predicted molar refractivity (Wildman–Crippen MR) is 70.9 cm³/mol. The molecule has 0 amide bonds. The monoisotopic (exact) mass is 258 g/mol. The van der Waals surface area contributed by atoms with E-state index in [-0.39, 0.29) is 5.75 Å². The van der Waals surface area contributed by atoms with Crippen LogP contribution in [-0.2, 0) is 16.3 Å². The van der Waals surface area contributed by atoms with Crippen molar-refractivity contribution in [2.45, 2.75) is 25.2 Å². The first-order chi connectivity index (χ1) is 7.49. The summed E-state index contributed by atoms with van der Waals surface area (Å²) in [5.41, 5.74) is 1.16. The van der Waals surface area contributed by atoms with Gasteiger partial charge in [0.15, 0.2) is 9.84 Å². The van der Waals surface area contributed by atoms with Gasteiger partial charge in [0.2, 0.25) is 0 Å². The lowest BCUT2D eigenvalue weighted by Gasteiger charge is -2.08. The van der Waals surface area contributed by atoms with Gasteiger partial charge in [0, 0.05) is 0 Å². The fourth-order valence-corrected chi connectivity index (χ4v) is 2.48. The zero-order valence-corrected chi connectivity index (χ0v) is 11.4. The van der Waals surface area contributed by atoms with Gasteiger partial charge in [0.25, 0.3) is 0 Å². The van der Waals surface area contributed by atoms with Crippen molar-refractivity contribution in [3.63, 3.8) is 0 Å². The van der Waals surface area contributed by atoms with Crippen LogP contribution >= 0.6 is 12.6 Å². The highest BCUT2D eigenvalue weighted by Gasteiger charge is 2.11. The lowest BCUT2D eigenvalue weighted by molar-refractivity contribution is 0.597. The Morgan fingerprint density at radius 1 is 1.25 bits per heavy atom. The van der Waals surface area contributed by atoms with Crippen LogP contribution in [0.2, 0.25) is 0 Å². The third kappa shape index (κ3) is 3.52. The first-order valence-corrected chi connectivity index (χ1v) is 7.70. The molecule has 1 atom stereocenters. The Labute approximate surface area is 103 Å². The molecule has 0 aliphatic carbocycles. The molecule has 1 aromatic carbocycles. The third-order valence-corrected chi connectivity index (χ3v) is 4.93. The molecule has 1 aromatic rings. The van der Waals surface area contributed by atoms with Gasteiger partial charge >= 0.3 is 0 Å². The van der Waals surface area contributed by atoms with Gasteiger partial charge in [0.05, 0.1) is 10.6 Å². The summed E-state index contributed by atoms with van der Waals surface area (Å²) in [5, 5.41) is 0. The highest BCUT2D eigenvalue weighted by Crippen LogP contribution is 2.15. The van der Waals surface area contributed by atoms with Gasteiger partial charge in [-0.3, -0.25) is 0 Å². The van der Waals surface area contributed by atoms with E-state index < -0.39 is 9.84 Å². The van der Waals surface area contributed by atoms with Gasteiger partial charge < -0.3 is 0 Å². The van der Waals surface area contributed by atoms with E-state index >= 15 is 0 Å². The van der Waals surface area contributed by atoms with Crippen molar-refractivity contribution in [3.8, 4) is 0 Å². The fraction of sp³-hybridized carbons (Fsp3) is 0.500. The third-order valence-electron chi connectivity index (χ3n) is 2.56. The molecule has 0 saturated heterocycles. The van der Waals surface area contributed by atoms with Crippen LogP contribution in [0.15, 0.2) is 29.2 Å². The molecule has 90 valence electrons. The highest BCUT2D eigenvalue weighted by molar-refractivity contribution is 7.91. The molecule has 4 heteroatoms. The Kier molecular flexibility index (Phi) is 4.87. The van der Waals surface area contributed by atoms with Crippen molar-refractivity contribution in [3.05, 3.63) is 29.8 Å². The standard InChI is InChI=1S/C12H18O2S2/c1-3-16(13,14)12-6-4-11(5-7-12)8-10(2)9-15/h4-7,10,15H,3,8-9H2,1-2H3. The Morgan fingerprint density at radius 2 is 1.81 bits per heavy atom. The Balaban J connectivity index is 2.84. The van der Waals surface area contributed by atoms with Crippen molar-refractivity contribution in [1.29, 1.82) is 0 Å². The normalized spacial score (nSPS) is 13.7. The average Bonchev–Trinajstić information content (AvgIpc) is 2.29. The summed E-state index contributed by atoms with van der Waals surface area (Å²) in [4.78, 5) is 0.414. The van der Waals surface area contributed by atoms with Crippen molar-refractivity contribution >= 4 is 22.5 Å². The molecule has 0 spiro atoms. The zero-order valence-electron chi connectivity index (χ0n) is 9.68. The molecule has 0 aliphatic rings. The molecule has 1 unspecified atom stereocenters. The fourth-order valence-electron chi connectivity index (χ4n) is 1.47. The van der Waals surface area contributed by atoms with Crippen LogP contribution in [0.25, 0.3) is 0 Å². The maximum Gasteiger partial charge on any atom is 0.178 e. The van der Waals surface area contributed by atoms with Gasteiger partial charge in [0.1, 0.15) is 0 Å². The van der Waals surface area contributed by atoms with Crippen LogP contribution < -0.4 is 0 Å². The molecule has 16 heavy (non-hydrogen) atoms. The molecule has 1 rings (SSSR count). The second kappa shape index (κ2) is 5.73. The summed E-state index contributed by atoms with van der Waals surface area (Å²) in [6.07, 6.45) is 0.940. The van der Waals surface area contributed by atoms with Crippen LogP contribution in [0, 0.1) is 5.92 Å². The lowest BCUT2D eigenvalue weighted by atomic mass is 10.0. The van der Waals surface area contributed by atoms with Gasteiger partial charge in [-0.1, -0.05) is 26.0 Å². The van der Waals surface area contributed by atoms with Crippen molar-refractivity contribution < 1.29 is 8.42 Å². The molecule has 0 aliphatic heterocycles. The van der Waals surface area contributed by atoms with E-state index in [2.05, 4.69) is 19.6 Å². The smallest absolute Gasteiger partial charge is 0.178 e. The quantitative estimate of drug-likeness (QED) is 0.824. The maximum atomic E-state index is 11.6. The van der Waals surface area contributed by atoms with Crippen molar-refractivity contribution in [2.75, 3.05) is 11.5 Å². The largest absolute Gasteiger partial charge is 0.224 e. The molecule has 0 saturated carbocycles. The molecule has 0 N–H and O–H groups in total. The molecule has 0 heterocycles. The first kappa shape index (κ1) is 13.6. The maximum absolute atomic E-state index is 11.6. The Bertz CT molecular complexity index is 421. The summed E-state index contributed by atoms with van der Waals surface area (Å²) < 4.78 is 23.2. The van der Waals surface area contributed by atoms with Crippen LogP contribution in [0.3, 0.4) is 0 Å². The first-order valence-electron chi connectivity index (χ1n) is 5.42. The molecule has 0 aromatic heterocycles. The van der Waals surface area contributed by atoms with Gasteiger partial charge in [-0.25, -0.2) is 8.42 Å². The number of benzene rings is 1. The molecule has 0 fully saturated rings. The highest BCUT2D eigenvalue weighted by atomic mass is 32.2. The molecule has 2 nitrogen and oxygen atoms in total. The number of hydrogen-bond acceptors (Lipinski definition) is 3. The predicted octanol–water partition coefficient (Wildman–Crippen LogP) is 2.59. The summed E-state index contributed by atoms with van der Waals surface area (Å²) in [7, 11) is -3.06. The second-order valence-electron chi connectivity index (χ2n) is 4.04. The summed E-state index contributed by atoms with van der Waals surface area (Å²) in [6, 6.07) is 7.17. The molecular formula is C12H18O2S2. The average molecular weight is 258 g/mol. The van der Waals surface area contributed by atoms with Gasteiger partial charge in [-0.05, 0) is 35.8 Å². The molecular weight excluding hydrogens is 240 g/mol. The van der Waals surface area contributed by atoms with E-state index in [0.717, 1.165) is 17.7 Å². The van der Waals surface area contributed by atoms with E-state index in [0.29, 0.717) is 10.8 Å². The minimum Gasteiger partial charge on any atom is -0.224 e. The van der Waals surface area contributed by atoms with E-state index in [9.17, 15) is 8.42 Å². The lowest BCUT2D eigenvalue weighted by Crippen LogP contribution is -2.05. The Morgan fingerprint density at radius 3 is 2.25 bits per heavy atom. The van der Waals surface area contributed by atoms with Crippen LogP contribution in [0.5, 0.6) is 0 Å². The minimum atomic E-state index is -3.06. The number of hydrogen-bond donors (Lipinski definition) is 1. The van der Waals surface area contributed by atoms with E-state index in [1.807, 2.05) is 12.1 Å². The topological polar surface area (TPSA) is 34.1 Å². The summed E-state index contributed by atoms with van der Waals surface area (Å²) >= 11 is 4.23. The number of rotatable bonds is 5. The Hall–Kier alpha value is -0.480. The van der Waals surface area contributed by atoms with Crippen LogP contribution in [-0.4, -0.2) is 19.9 Å². The van der Waals surface area contributed by atoms with E-state index in [4.69, 9.17) is 0 Å². The number of sulfone groups is 1. The van der Waals surface area contributed by atoms with Crippen molar-refractivity contribution in [1.82, 2.24) is 0 Å². The van der Waals surface area contributed by atoms with Crippen LogP contribution in [0.1, 0.15) is 19.4 Å². The second-order valence-corrected chi connectivity index (χ2v) is 6.68. The van der Waals surface area contributed by atoms with E-state index in [1.54, 1.807) is 19.1 Å². The molecule has 0 radical (unpaired) electrons. The summed E-state index contributed by atoms with van der Waals surface area (Å²) in [6.45, 7) is 3.79. The summed E-state index contributed by atoms with van der Waals surface area (Å²) in [5.74, 6) is 1.51. The van der Waals surface area contributed by atoms with Crippen LogP contribution in [0.4, 0.5) is 0 Å². The zero-order chi connectivity index (χ0) is 12.2. The van der Waals surface area contributed by atoms with Gasteiger partial charge in [-0.15, -0.1) is 0 Å². The molecule has 0 bridgehead atoms. The van der Waals surface area contributed by atoms with Crippen molar-refractivity contribution in [2.24, 2.45) is 5.92 Å². The number of thiol groups is 1.